The van der Waals surface area contributed by atoms with Crippen LogP contribution in [0.3, 0.4) is 0 Å². The number of halogens is 1. The largest absolute Gasteiger partial charge is 0.326 e. The highest BCUT2D eigenvalue weighted by molar-refractivity contribution is 7.89. The van der Waals surface area contributed by atoms with Crippen molar-refractivity contribution in [2.45, 2.75) is 18.0 Å². The van der Waals surface area contributed by atoms with Gasteiger partial charge in [-0.25, -0.2) is 13.4 Å². The Balaban J connectivity index is 1.74. The van der Waals surface area contributed by atoms with Gasteiger partial charge in [-0.2, -0.15) is 4.31 Å². The summed E-state index contributed by atoms with van der Waals surface area (Å²) in [5.74, 6) is 0.757. The van der Waals surface area contributed by atoms with Crippen molar-refractivity contribution >= 4 is 32.7 Å². The predicted molar refractivity (Wildman–Crippen MR) is 88.8 cm³/mol. The van der Waals surface area contributed by atoms with Crippen LogP contribution in [0.25, 0.3) is 11.0 Å². The zero-order valence-corrected chi connectivity index (χ0v) is 13.8. The van der Waals surface area contributed by atoms with E-state index < -0.39 is 10.0 Å². The third kappa shape index (κ3) is 2.34. The molecule has 0 unspecified atom stereocenters. The van der Waals surface area contributed by atoms with E-state index in [1.807, 2.05) is 24.3 Å². The first-order valence-corrected chi connectivity index (χ1v) is 9.08. The summed E-state index contributed by atoms with van der Waals surface area (Å²) in [4.78, 5) is 4.70. The number of aromatic nitrogens is 2. The first-order valence-electron chi connectivity index (χ1n) is 7.26. The van der Waals surface area contributed by atoms with Crippen molar-refractivity contribution < 1.29 is 8.42 Å². The number of para-hydroxylation sites is 2. The van der Waals surface area contributed by atoms with Crippen molar-refractivity contribution in [3.63, 3.8) is 0 Å². The maximum atomic E-state index is 12.8. The molecule has 0 saturated carbocycles. The molecule has 0 bridgehead atoms. The molecular formula is C16H14ClN3O2S. The van der Waals surface area contributed by atoms with Gasteiger partial charge in [0.1, 0.15) is 10.7 Å². The maximum absolute atomic E-state index is 12.8. The van der Waals surface area contributed by atoms with Gasteiger partial charge in [0.15, 0.2) is 0 Å². The topological polar surface area (TPSA) is 55.2 Å². The molecule has 0 fully saturated rings. The molecule has 1 aromatic heterocycles. The second kappa shape index (κ2) is 5.33. The van der Waals surface area contributed by atoms with Crippen molar-refractivity contribution in [2.75, 3.05) is 6.54 Å². The lowest BCUT2D eigenvalue weighted by Gasteiger charge is -2.27. The molecule has 2 heterocycles. The van der Waals surface area contributed by atoms with E-state index in [0.29, 0.717) is 13.1 Å². The fourth-order valence-corrected chi connectivity index (χ4v) is 4.82. The number of sulfonamides is 1. The third-order valence-corrected chi connectivity index (χ3v) is 6.42. The van der Waals surface area contributed by atoms with Crippen LogP contribution in [0.4, 0.5) is 0 Å². The molecule has 1 aliphatic heterocycles. The zero-order valence-electron chi connectivity index (χ0n) is 12.2. The summed E-state index contributed by atoms with van der Waals surface area (Å²) in [6.07, 6.45) is 0. The second-order valence-corrected chi connectivity index (χ2v) is 7.75. The number of hydrogen-bond donors (Lipinski definition) is 0. The van der Waals surface area contributed by atoms with Crippen molar-refractivity contribution in [2.24, 2.45) is 0 Å². The molecule has 118 valence electrons. The molecule has 0 spiro atoms. The standard InChI is InChI=1S/C16H14ClN3O2S/c17-12-5-1-4-8-15(12)23(21,22)19-9-10-20-14-7-3-2-6-13(14)18-16(20)11-19/h1-8H,9-11H2. The minimum atomic E-state index is -3.62. The number of nitrogens with zero attached hydrogens (tertiary/aromatic N) is 3. The van der Waals surface area contributed by atoms with Gasteiger partial charge in [-0.15, -0.1) is 0 Å². The fraction of sp³-hybridized carbons (Fsp3) is 0.188. The fourth-order valence-electron chi connectivity index (χ4n) is 2.94. The Kier molecular flexibility index (Phi) is 3.41. The van der Waals surface area contributed by atoms with Gasteiger partial charge in [0.2, 0.25) is 10.0 Å². The van der Waals surface area contributed by atoms with Crippen LogP contribution in [0.2, 0.25) is 5.02 Å². The molecule has 23 heavy (non-hydrogen) atoms. The predicted octanol–water partition coefficient (Wildman–Crippen LogP) is 2.89. The van der Waals surface area contributed by atoms with E-state index in [4.69, 9.17) is 11.6 Å². The van der Waals surface area contributed by atoms with Crippen LogP contribution in [0, 0.1) is 0 Å². The van der Waals surface area contributed by atoms with E-state index in [1.54, 1.807) is 18.2 Å². The Morgan fingerprint density at radius 3 is 2.57 bits per heavy atom. The molecule has 0 atom stereocenters. The summed E-state index contributed by atoms with van der Waals surface area (Å²) in [7, 11) is -3.62. The van der Waals surface area contributed by atoms with Crippen LogP contribution >= 0.6 is 11.6 Å². The van der Waals surface area contributed by atoms with E-state index in [2.05, 4.69) is 9.55 Å². The molecule has 7 heteroatoms. The molecule has 0 amide bonds. The molecule has 3 aromatic rings. The van der Waals surface area contributed by atoms with Gasteiger partial charge in [0.05, 0.1) is 22.6 Å². The average molecular weight is 348 g/mol. The highest BCUT2D eigenvalue weighted by Crippen LogP contribution is 2.28. The maximum Gasteiger partial charge on any atom is 0.245 e. The molecule has 2 aromatic carbocycles. The zero-order chi connectivity index (χ0) is 16.0. The highest BCUT2D eigenvalue weighted by atomic mass is 35.5. The average Bonchev–Trinajstić information content (AvgIpc) is 2.92. The number of rotatable bonds is 2. The van der Waals surface area contributed by atoms with Gasteiger partial charge in [0, 0.05) is 13.1 Å². The van der Waals surface area contributed by atoms with E-state index in [0.717, 1.165) is 16.9 Å². The highest BCUT2D eigenvalue weighted by Gasteiger charge is 2.31. The van der Waals surface area contributed by atoms with Crippen molar-refractivity contribution in [1.82, 2.24) is 13.9 Å². The first kappa shape index (κ1) is 14.7. The monoisotopic (exact) mass is 347 g/mol. The Morgan fingerprint density at radius 2 is 1.74 bits per heavy atom. The molecular weight excluding hydrogens is 334 g/mol. The van der Waals surface area contributed by atoms with Crippen LogP contribution in [-0.4, -0.2) is 28.8 Å². The van der Waals surface area contributed by atoms with Crippen LogP contribution in [0.1, 0.15) is 5.82 Å². The Bertz CT molecular complexity index is 997. The molecule has 4 rings (SSSR count). The Hall–Kier alpha value is -1.89. The van der Waals surface area contributed by atoms with Gasteiger partial charge in [-0.1, -0.05) is 35.9 Å². The number of benzene rings is 2. The first-order chi connectivity index (χ1) is 11.1. The SMILES string of the molecule is O=S(=O)(c1ccccc1Cl)N1CCn2c(nc3ccccc32)C1. The number of fused-ring (bicyclic) bond motifs is 3. The number of imidazole rings is 1. The Morgan fingerprint density at radius 1 is 1.00 bits per heavy atom. The van der Waals surface area contributed by atoms with E-state index in [-0.39, 0.29) is 16.5 Å². The lowest BCUT2D eigenvalue weighted by Crippen LogP contribution is -2.38. The lowest BCUT2D eigenvalue weighted by molar-refractivity contribution is 0.339. The van der Waals surface area contributed by atoms with Crippen LogP contribution in [0.15, 0.2) is 53.4 Å². The van der Waals surface area contributed by atoms with Crippen molar-refractivity contribution in [3.8, 4) is 0 Å². The second-order valence-electron chi connectivity index (χ2n) is 5.44. The molecule has 0 saturated heterocycles. The lowest BCUT2D eigenvalue weighted by atomic mass is 10.3. The molecule has 0 N–H and O–H groups in total. The van der Waals surface area contributed by atoms with Gasteiger partial charge < -0.3 is 4.57 Å². The minimum Gasteiger partial charge on any atom is -0.326 e. The van der Waals surface area contributed by atoms with Gasteiger partial charge in [-0.05, 0) is 24.3 Å². The molecule has 1 aliphatic rings. The smallest absolute Gasteiger partial charge is 0.245 e. The Labute approximate surface area is 139 Å². The molecule has 0 aliphatic carbocycles. The quantitative estimate of drug-likeness (QED) is 0.716. The van der Waals surface area contributed by atoms with E-state index in [1.165, 1.54) is 10.4 Å². The molecule has 5 nitrogen and oxygen atoms in total. The van der Waals surface area contributed by atoms with E-state index in [9.17, 15) is 8.42 Å². The molecule has 0 radical (unpaired) electrons. The summed E-state index contributed by atoms with van der Waals surface area (Å²) in [5, 5.41) is 0.242. The third-order valence-electron chi connectivity index (χ3n) is 4.08. The summed E-state index contributed by atoms with van der Waals surface area (Å²) in [5.41, 5.74) is 1.93. The van der Waals surface area contributed by atoms with Gasteiger partial charge >= 0.3 is 0 Å². The minimum absolute atomic E-state index is 0.145. The van der Waals surface area contributed by atoms with Gasteiger partial charge in [0.25, 0.3) is 0 Å². The van der Waals surface area contributed by atoms with E-state index >= 15 is 0 Å². The van der Waals surface area contributed by atoms with Gasteiger partial charge in [-0.3, -0.25) is 0 Å². The summed E-state index contributed by atoms with van der Waals surface area (Å²) in [6.45, 7) is 1.24. The van der Waals surface area contributed by atoms with Crippen molar-refractivity contribution in [3.05, 3.63) is 59.4 Å². The normalized spacial score (nSPS) is 15.7. The summed E-state index contributed by atoms with van der Waals surface area (Å²) >= 11 is 6.07. The van der Waals surface area contributed by atoms with Crippen molar-refractivity contribution in [1.29, 1.82) is 0 Å². The van der Waals surface area contributed by atoms with Crippen LogP contribution < -0.4 is 0 Å². The summed E-state index contributed by atoms with van der Waals surface area (Å²) in [6, 6.07) is 14.4. The number of hydrogen-bond acceptors (Lipinski definition) is 3. The van der Waals surface area contributed by atoms with Crippen LogP contribution in [-0.2, 0) is 23.1 Å². The summed E-state index contributed by atoms with van der Waals surface area (Å²) < 4.78 is 29.2. The van der Waals surface area contributed by atoms with Crippen LogP contribution in [0.5, 0.6) is 0 Å².